The van der Waals surface area contributed by atoms with Crippen molar-refractivity contribution < 1.29 is 12.6 Å². The molecule has 0 aromatic heterocycles. The Hall–Kier alpha value is -0.130. The fourth-order valence-corrected chi connectivity index (χ4v) is 1.66. The lowest BCUT2D eigenvalue weighted by Gasteiger charge is -2.19. The van der Waals surface area contributed by atoms with E-state index in [1.54, 1.807) is 0 Å². The average Bonchev–Trinajstić information content (AvgIpc) is 1.97. The molecule has 2 N–H and O–H groups in total. The molecule has 0 amide bonds. The molecule has 0 fully saturated rings. The van der Waals surface area contributed by atoms with Crippen molar-refractivity contribution in [3.63, 3.8) is 0 Å². The van der Waals surface area contributed by atoms with Crippen LogP contribution in [0.1, 0.15) is 26.7 Å². The molecular formula is C7H17NO3S. The van der Waals surface area contributed by atoms with Gasteiger partial charge in [0.2, 0.25) is 0 Å². The van der Waals surface area contributed by atoms with Gasteiger partial charge in [0.05, 0.1) is 12.4 Å². The van der Waals surface area contributed by atoms with Gasteiger partial charge in [-0.3, -0.25) is 4.18 Å². The Balaban J connectivity index is 4.18. The minimum absolute atomic E-state index is 0.204. The van der Waals surface area contributed by atoms with E-state index in [1.165, 1.54) is 0 Å². The Morgan fingerprint density at radius 1 is 1.33 bits per heavy atom. The average molecular weight is 195 g/mol. The van der Waals surface area contributed by atoms with Crippen molar-refractivity contribution in [1.29, 1.82) is 0 Å². The van der Waals surface area contributed by atoms with Gasteiger partial charge in [-0.2, -0.15) is 8.42 Å². The maximum atomic E-state index is 10.7. The molecule has 0 aliphatic carbocycles. The van der Waals surface area contributed by atoms with Gasteiger partial charge in [-0.05, 0) is 12.8 Å². The van der Waals surface area contributed by atoms with Crippen LogP contribution >= 0.6 is 0 Å². The van der Waals surface area contributed by atoms with Crippen molar-refractivity contribution in [1.82, 2.24) is 0 Å². The fraction of sp³-hybridized carbons (Fsp3) is 1.00. The van der Waals surface area contributed by atoms with Gasteiger partial charge < -0.3 is 5.73 Å². The fourth-order valence-electron chi connectivity index (χ4n) is 0.930. The van der Waals surface area contributed by atoms with Gasteiger partial charge in [0.25, 0.3) is 10.1 Å². The van der Waals surface area contributed by atoms with Crippen molar-refractivity contribution in [2.75, 3.05) is 6.26 Å². The van der Waals surface area contributed by atoms with Crippen LogP contribution in [0.15, 0.2) is 0 Å². The van der Waals surface area contributed by atoms with E-state index in [4.69, 9.17) is 9.92 Å². The van der Waals surface area contributed by atoms with Gasteiger partial charge in [-0.25, -0.2) is 0 Å². The van der Waals surface area contributed by atoms with Crippen LogP contribution in [0.3, 0.4) is 0 Å². The molecule has 0 aromatic carbocycles. The van der Waals surface area contributed by atoms with Crippen molar-refractivity contribution >= 4 is 10.1 Å². The predicted molar refractivity (Wildman–Crippen MR) is 48.3 cm³/mol. The zero-order valence-electron chi connectivity index (χ0n) is 7.78. The summed E-state index contributed by atoms with van der Waals surface area (Å²) in [6.45, 7) is 3.75. The highest BCUT2D eigenvalue weighted by Crippen LogP contribution is 2.08. The molecule has 0 radical (unpaired) electrons. The quantitative estimate of drug-likeness (QED) is 0.648. The number of rotatable bonds is 5. The first-order valence-electron chi connectivity index (χ1n) is 4.04. The molecule has 0 rings (SSSR count). The highest BCUT2D eigenvalue weighted by molar-refractivity contribution is 7.86. The molecule has 5 heteroatoms. The zero-order chi connectivity index (χ0) is 9.78. The molecule has 12 heavy (non-hydrogen) atoms. The molecule has 0 unspecified atom stereocenters. The van der Waals surface area contributed by atoms with Gasteiger partial charge in [-0.15, -0.1) is 0 Å². The van der Waals surface area contributed by atoms with Crippen molar-refractivity contribution in [3.05, 3.63) is 0 Å². The summed E-state index contributed by atoms with van der Waals surface area (Å²) in [5, 5.41) is 0. The topological polar surface area (TPSA) is 69.4 Å². The molecule has 0 saturated heterocycles. The largest absolute Gasteiger partial charge is 0.325 e. The van der Waals surface area contributed by atoms with E-state index in [9.17, 15) is 8.42 Å². The molecule has 0 aliphatic heterocycles. The van der Waals surface area contributed by atoms with Crippen molar-refractivity contribution in [2.45, 2.75) is 38.8 Å². The van der Waals surface area contributed by atoms with Gasteiger partial charge >= 0.3 is 0 Å². The minimum Gasteiger partial charge on any atom is -0.325 e. The number of hydrogen-bond acceptors (Lipinski definition) is 4. The van der Waals surface area contributed by atoms with E-state index in [0.29, 0.717) is 12.8 Å². The first-order chi connectivity index (χ1) is 5.40. The van der Waals surface area contributed by atoms with Crippen LogP contribution in [0.4, 0.5) is 0 Å². The number of hydrogen-bond donors (Lipinski definition) is 1. The Kier molecular flexibility index (Phi) is 4.74. The zero-order valence-corrected chi connectivity index (χ0v) is 8.60. The molecule has 0 heterocycles. The second kappa shape index (κ2) is 4.79. The number of nitrogens with two attached hydrogens (primary N) is 1. The Morgan fingerprint density at radius 3 is 2.08 bits per heavy atom. The van der Waals surface area contributed by atoms with E-state index >= 15 is 0 Å². The summed E-state index contributed by atoms with van der Waals surface area (Å²) in [6, 6.07) is -0.204. The van der Waals surface area contributed by atoms with Gasteiger partial charge in [0, 0.05) is 6.04 Å². The van der Waals surface area contributed by atoms with Crippen LogP contribution in [-0.2, 0) is 14.3 Å². The lowest BCUT2D eigenvalue weighted by molar-refractivity contribution is 0.173. The third kappa shape index (κ3) is 4.69. The summed E-state index contributed by atoms with van der Waals surface area (Å²) in [5.41, 5.74) is 5.65. The van der Waals surface area contributed by atoms with Crippen LogP contribution in [0, 0.1) is 0 Å². The Morgan fingerprint density at radius 2 is 1.83 bits per heavy atom. The van der Waals surface area contributed by atoms with Crippen LogP contribution in [-0.4, -0.2) is 26.8 Å². The lowest BCUT2D eigenvalue weighted by Crippen LogP contribution is -2.37. The van der Waals surface area contributed by atoms with Crippen LogP contribution in [0.5, 0.6) is 0 Å². The second-order valence-corrected chi connectivity index (χ2v) is 4.42. The highest BCUT2D eigenvalue weighted by atomic mass is 32.2. The Bertz CT molecular complexity index is 213. The molecule has 2 atom stereocenters. The SMILES string of the molecule is CC[C@H](N)[C@@H](CC)OS(C)(=O)=O. The first kappa shape index (κ1) is 11.9. The van der Waals surface area contributed by atoms with Gasteiger partial charge in [0.15, 0.2) is 0 Å². The first-order valence-corrected chi connectivity index (χ1v) is 5.86. The molecule has 0 bridgehead atoms. The normalized spacial score (nSPS) is 17.3. The highest BCUT2D eigenvalue weighted by Gasteiger charge is 2.19. The summed E-state index contributed by atoms with van der Waals surface area (Å²) in [7, 11) is -3.37. The maximum absolute atomic E-state index is 10.7. The minimum atomic E-state index is -3.37. The monoisotopic (exact) mass is 195 g/mol. The van der Waals surface area contributed by atoms with E-state index in [1.807, 2.05) is 13.8 Å². The van der Waals surface area contributed by atoms with E-state index in [-0.39, 0.29) is 12.1 Å². The standard InChI is InChI=1S/C7H17NO3S/c1-4-6(8)7(5-2)11-12(3,9)10/h6-7H,4-5,8H2,1-3H3/t6-,7+/m0/s1. The summed E-state index contributed by atoms with van der Waals surface area (Å²) in [4.78, 5) is 0. The summed E-state index contributed by atoms with van der Waals surface area (Å²) in [6.07, 6.45) is 1.98. The second-order valence-electron chi connectivity index (χ2n) is 2.82. The molecule has 4 nitrogen and oxygen atoms in total. The van der Waals surface area contributed by atoms with E-state index < -0.39 is 10.1 Å². The molecule has 0 aromatic rings. The third-order valence-electron chi connectivity index (χ3n) is 1.65. The van der Waals surface area contributed by atoms with Crippen LogP contribution in [0.2, 0.25) is 0 Å². The summed E-state index contributed by atoms with van der Waals surface area (Å²) in [5.74, 6) is 0. The summed E-state index contributed by atoms with van der Waals surface area (Å²) < 4.78 is 26.3. The van der Waals surface area contributed by atoms with E-state index in [2.05, 4.69) is 0 Å². The molecule has 74 valence electrons. The van der Waals surface area contributed by atoms with Gasteiger partial charge in [-0.1, -0.05) is 13.8 Å². The smallest absolute Gasteiger partial charge is 0.264 e. The predicted octanol–water partition coefficient (Wildman–Crippen LogP) is 0.479. The Labute approximate surface area is 74.2 Å². The lowest BCUT2D eigenvalue weighted by atomic mass is 10.1. The van der Waals surface area contributed by atoms with Crippen LogP contribution in [0.25, 0.3) is 0 Å². The third-order valence-corrected chi connectivity index (χ3v) is 2.25. The molecule has 0 saturated carbocycles. The molecular weight excluding hydrogens is 178 g/mol. The van der Waals surface area contributed by atoms with Crippen molar-refractivity contribution in [3.8, 4) is 0 Å². The van der Waals surface area contributed by atoms with Gasteiger partial charge in [0.1, 0.15) is 0 Å². The van der Waals surface area contributed by atoms with Crippen LogP contribution < -0.4 is 5.73 Å². The van der Waals surface area contributed by atoms with Crippen molar-refractivity contribution in [2.24, 2.45) is 5.73 Å². The summed E-state index contributed by atoms with van der Waals surface area (Å²) >= 11 is 0. The maximum Gasteiger partial charge on any atom is 0.264 e. The molecule has 0 aliphatic rings. The molecule has 0 spiro atoms. The van der Waals surface area contributed by atoms with E-state index in [0.717, 1.165) is 6.26 Å².